The molecule has 0 aromatic heterocycles. The van der Waals surface area contributed by atoms with Crippen molar-refractivity contribution < 1.29 is 13.9 Å². The van der Waals surface area contributed by atoms with Crippen LogP contribution in [0.5, 0.6) is 11.5 Å². The van der Waals surface area contributed by atoms with Crippen LogP contribution in [0.15, 0.2) is 42.5 Å². The molecule has 0 heterocycles. The van der Waals surface area contributed by atoms with Gasteiger partial charge in [0.2, 0.25) is 0 Å². The van der Waals surface area contributed by atoms with Crippen LogP contribution in [0.3, 0.4) is 0 Å². The topological polar surface area (TPSA) is 30.5 Å². The first-order valence-corrected chi connectivity index (χ1v) is 6.87. The van der Waals surface area contributed by atoms with Crippen molar-refractivity contribution in [2.45, 2.75) is 19.6 Å². The monoisotopic (exact) mass is 289 g/mol. The number of rotatable bonds is 6. The lowest BCUT2D eigenvalue weighted by molar-refractivity contribution is 0.284. The maximum Gasteiger partial charge on any atom is 0.165 e. The van der Waals surface area contributed by atoms with Crippen molar-refractivity contribution in [2.75, 3.05) is 14.2 Å². The molecule has 1 N–H and O–H groups in total. The summed E-state index contributed by atoms with van der Waals surface area (Å²) in [5, 5.41) is 3.10. The van der Waals surface area contributed by atoms with E-state index in [0.29, 0.717) is 12.4 Å². The average Bonchev–Trinajstić information content (AvgIpc) is 2.53. The van der Waals surface area contributed by atoms with Gasteiger partial charge in [-0.25, -0.2) is 4.39 Å². The minimum Gasteiger partial charge on any atom is -0.497 e. The summed E-state index contributed by atoms with van der Waals surface area (Å²) < 4.78 is 24.8. The summed E-state index contributed by atoms with van der Waals surface area (Å²) in [5.41, 5.74) is 1.77. The molecule has 3 nitrogen and oxygen atoms in total. The highest BCUT2D eigenvalue weighted by Gasteiger charge is 2.14. The van der Waals surface area contributed by atoms with Gasteiger partial charge < -0.3 is 14.8 Å². The Morgan fingerprint density at radius 3 is 2.48 bits per heavy atom. The molecule has 0 radical (unpaired) electrons. The largest absolute Gasteiger partial charge is 0.497 e. The first kappa shape index (κ1) is 15.3. The summed E-state index contributed by atoms with van der Waals surface area (Å²) in [4.78, 5) is 0. The van der Waals surface area contributed by atoms with E-state index in [9.17, 15) is 4.39 Å². The van der Waals surface area contributed by atoms with Crippen molar-refractivity contribution >= 4 is 0 Å². The Balaban J connectivity index is 2.15. The van der Waals surface area contributed by atoms with Gasteiger partial charge in [0, 0.05) is 11.6 Å². The summed E-state index contributed by atoms with van der Waals surface area (Å²) in [6.45, 7) is 2.28. The Morgan fingerprint density at radius 1 is 1.14 bits per heavy atom. The minimum atomic E-state index is -0.344. The number of hydrogen-bond donors (Lipinski definition) is 1. The molecule has 2 aromatic carbocycles. The first-order chi connectivity index (χ1) is 10.2. The second-order valence-corrected chi connectivity index (χ2v) is 4.81. The van der Waals surface area contributed by atoms with Gasteiger partial charge in [-0.05, 0) is 37.7 Å². The van der Waals surface area contributed by atoms with E-state index in [1.165, 1.54) is 6.07 Å². The lowest BCUT2D eigenvalue weighted by Gasteiger charge is -2.17. The van der Waals surface area contributed by atoms with Crippen LogP contribution in [-0.4, -0.2) is 14.2 Å². The zero-order valence-corrected chi connectivity index (χ0v) is 12.5. The highest BCUT2D eigenvalue weighted by Crippen LogP contribution is 2.28. The zero-order chi connectivity index (χ0) is 15.2. The van der Waals surface area contributed by atoms with E-state index < -0.39 is 0 Å². The fourth-order valence-electron chi connectivity index (χ4n) is 2.05. The Kier molecular flexibility index (Phi) is 5.17. The molecule has 1 unspecified atom stereocenters. The zero-order valence-electron chi connectivity index (χ0n) is 12.5. The smallest absolute Gasteiger partial charge is 0.165 e. The molecule has 0 saturated carbocycles. The standard InChI is InChI=1S/C17H20FNO2/c1-12(19-2)15-5-4-6-16(18)17(15)21-11-13-7-9-14(20-3)10-8-13/h4-10,12,19H,11H2,1-3H3. The molecular formula is C17H20FNO2. The Labute approximate surface area is 124 Å². The molecular weight excluding hydrogens is 269 g/mol. The van der Waals surface area contributed by atoms with E-state index in [1.54, 1.807) is 13.2 Å². The average molecular weight is 289 g/mol. The molecule has 0 saturated heterocycles. The molecule has 0 aliphatic heterocycles. The van der Waals surface area contributed by atoms with Crippen LogP contribution in [-0.2, 0) is 6.61 Å². The van der Waals surface area contributed by atoms with E-state index in [-0.39, 0.29) is 11.9 Å². The molecule has 0 amide bonds. The summed E-state index contributed by atoms with van der Waals surface area (Å²) in [6, 6.07) is 12.5. The number of para-hydroxylation sites is 1. The Hall–Kier alpha value is -2.07. The first-order valence-electron chi connectivity index (χ1n) is 6.87. The van der Waals surface area contributed by atoms with Gasteiger partial charge in [-0.1, -0.05) is 24.3 Å². The lowest BCUT2D eigenvalue weighted by Crippen LogP contribution is -2.14. The van der Waals surface area contributed by atoms with Crippen LogP contribution in [0, 0.1) is 5.82 Å². The number of methoxy groups -OCH3 is 1. The van der Waals surface area contributed by atoms with Crippen LogP contribution in [0.2, 0.25) is 0 Å². The third-order valence-electron chi connectivity index (χ3n) is 3.44. The van der Waals surface area contributed by atoms with Gasteiger partial charge in [0.15, 0.2) is 11.6 Å². The van der Waals surface area contributed by atoms with Crippen LogP contribution in [0.1, 0.15) is 24.1 Å². The molecule has 1 atom stereocenters. The number of ether oxygens (including phenoxy) is 2. The normalized spacial score (nSPS) is 12.0. The third kappa shape index (κ3) is 3.73. The number of nitrogens with one attached hydrogen (secondary N) is 1. The maximum atomic E-state index is 14.0. The fraction of sp³-hybridized carbons (Fsp3) is 0.294. The second kappa shape index (κ2) is 7.09. The van der Waals surface area contributed by atoms with Gasteiger partial charge in [-0.15, -0.1) is 0 Å². The van der Waals surface area contributed by atoms with Crippen LogP contribution in [0.25, 0.3) is 0 Å². The van der Waals surface area contributed by atoms with Crippen LogP contribution < -0.4 is 14.8 Å². The number of hydrogen-bond acceptors (Lipinski definition) is 3. The van der Waals surface area contributed by atoms with Crippen molar-refractivity contribution in [3.8, 4) is 11.5 Å². The highest BCUT2D eigenvalue weighted by atomic mass is 19.1. The van der Waals surface area contributed by atoms with Crippen LogP contribution >= 0.6 is 0 Å². The lowest BCUT2D eigenvalue weighted by atomic mass is 10.1. The predicted octanol–water partition coefficient (Wildman–Crippen LogP) is 3.69. The Morgan fingerprint density at radius 2 is 1.86 bits per heavy atom. The maximum absolute atomic E-state index is 14.0. The Bertz CT molecular complexity index is 584. The number of benzene rings is 2. The van der Waals surface area contributed by atoms with E-state index in [0.717, 1.165) is 16.9 Å². The van der Waals surface area contributed by atoms with Crippen molar-refractivity contribution in [1.82, 2.24) is 5.32 Å². The summed E-state index contributed by atoms with van der Waals surface area (Å²) in [6.07, 6.45) is 0. The molecule has 0 spiro atoms. The predicted molar refractivity (Wildman–Crippen MR) is 81.2 cm³/mol. The van der Waals surface area contributed by atoms with Gasteiger partial charge in [-0.3, -0.25) is 0 Å². The molecule has 0 bridgehead atoms. The molecule has 0 fully saturated rings. The van der Waals surface area contributed by atoms with Crippen molar-refractivity contribution in [2.24, 2.45) is 0 Å². The van der Waals surface area contributed by atoms with Crippen molar-refractivity contribution in [1.29, 1.82) is 0 Å². The van der Waals surface area contributed by atoms with Gasteiger partial charge >= 0.3 is 0 Å². The highest BCUT2D eigenvalue weighted by molar-refractivity contribution is 5.37. The summed E-state index contributed by atoms with van der Waals surface area (Å²) >= 11 is 0. The molecule has 2 aromatic rings. The van der Waals surface area contributed by atoms with E-state index >= 15 is 0 Å². The molecule has 0 aliphatic carbocycles. The van der Waals surface area contributed by atoms with Gasteiger partial charge in [0.1, 0.15) is 12.4 Å². The van der Waals surface area contributed by atoms with E-state index in [1.807, 2.05) is 44.3 Å². The van der Waals surface area contributed by atoms with E-state index in [2.05, 4.69) is 5.32 Å². The van der Waals surface area contributed by atoms with Gasteiger partial charge in [0.25, 0.3) is 0 Å². The molecule has 4 heteroatoms. The van der Waals surface area contributed by atoms with E-state index in [4.69, 9.17) is 9.47 Å². The number of halogens is 1. The fourth-order valence-corrected chi connectivity index (χ4v) is 2.05. The second-order valence-electron chi connectivity index (χ2n) is 4.81. The SMILES string of the molecule is CNC(C)c1cccc(F)c1OCc1ccc(OC)cc1. The van der Waals surface area contributed by atoms with Gasteiger partial charge in [-0.2, -0.15) is 0 Å². The molecule has 21 heavy (non-hydrogen) atoms. The minimum absolute atomic E-state index is 0.0200. The third-order valence-corrected chi connectivity index (χ3v) is 3.44. The van der Waals surface area contributed by atoms with Crippen molar-refractivity contribution in [3.05, 3.63) is 59.4 Å². The summed E-state index contributed by atoms with van der Waals surface area (Å²) in [7, 11) is 3.46. The molecule has 112 valence electrons. The van der Waals surface area contributed by atoms with Crippen molar-refractivity contribution in [3.63, 3.8) is 0 Å². The summed E-state index contributed by atoms with van der Waals surface area (Å²) in [5.74, 6) is 0.743. The molecule has 2 rings (SSSR count). The quantitative estimate of drug-likeness (QED) is 0.879. The van der Waals surface area contributed by atoms with Gasteiger partial charge in [0.05, 0.1) is 7.11 Å². The molecule has 0 aliphatic rings. The van der Waals surface area contributed by atoms with Crippen LogP contribution in [0.4, 0.5) is 4.39 Å².